The van der Waals surface area contributed by atoms with E-state index in [1.54, 1.807) is 45.1 Å². The molecule has 6 aromatic rings. The molecule has 7 rings (SSSR count). The summed E-state index contributed by atoms with van der Waals surface area (Å²) < 4.78 is 84.7. The molecule has 5 heterocycles. The van der Waals surface area contributed by atoms with Crippen LogP contribution in [0.2, 0.25) is 5.02 Å². The van der Waals surface area contributed by atoms with Crippen molar-refractivity contribution in [2.24, 2.45) is 0 Å². The van der Waals surface area contributed by atoms with E-state index in [9.17, 15) is 22.4 Å². The van der Waals surface area contributed by atoms with Crippen LogP contribution in [-0.2, 0) is 22.7 Å². The summed E-state index contributed by atoms with van der Waals surface area (Å²) in [5.74, 6) is -0.358. The van der Waals surface area contributed by atoms with Gasteiger partial charge in [-0.3, -0.25) is 9.58 Å². The summed E-state index contributed by atoms with van der Waals surface area (Å²) in [4.78, 5) is 28.5. The number of ether oxygens (including phenoxy) is 4. The molecule has 0 spiro atoms. The third kappa shape index (κ3) is 9.72. The van der Waals surface area contributed by atoms with Gasteiger partial charge in [-0.2, -0.15) is 22.7 Å². The zero-order valence-electron chi connectivity index (χ0n) is 33.3. The summed E-state index contributed by atoms with van der Waals surface area (Å²) in [7, 11) is 3.85. The number of alkyl halides is 3. The number of furan rings is 1. The van der Waals surface area contributed by atoms with Gasteiger partial charge in [0.2, 0.25) is 5.88 Å². The number of piperazine rings is 1. The van der Waals surface area contributed by atoms with Crippen LogP contribution in [0.25, 0.3) is 32.0 Å². The number of rotatable bonds is 16. The number of aromatic nitrogens is 4. The molecule has 0 unspecified atom stereocenters. The highest BCUT2D eigenvalue weighted by Crippen LogP contribution is 2.50. The van der Waals surface area contributed by atoms with Gasteiger partial charge >= 0.3 is 12.1 Å². The Hall–Kier alpha value is -5.17. The first-order valence-corrected chi connectivity index (χ1v) is 20.5. The van der Waals surface area contributed by atoms with Crippen molar-refractivity contribution in [1.29, 1.82) is 0 Å². The van der Waals surface area contributed by atoms with Gasteiger partial charge in [0.25, 0.3) is 6.01 Å². The van der Waals surface area contributed by atoms with Crippen molar-refractivity contribution in [3.63, 3.8) is 0 Å². The molecule has 0 bridgehead atoms. The molecule has 60 heavy (non-hydrogen) atoms. The molecule has 0 N–H and O–H groups in total. The van der Waals surface area contributed by atoms with E-state index in [1.807, 2.05) is 13.0 Å². The number of halogens is 5. The lowest BCUT2D eigenvalue weighted by Crippen LogP contribution is -2.45. The molecule has 1 fully saturated rings. The smallest absolute Gasteiger partial charge is 0.408 e. The summed E-state index contributed by atoms with van der Waals surface area (Å²) in [6.07, 6.45) is -3.21. The highest BCUT2D eigenvalue weighted by atomic mass is 35.5. The van der Waals surface area contributed by atoms with Crippen molar-refractivity contribution in [2.45, 2.75) is 45.1 Å². The largest absolute Gasteiger partial charge is 0.491 e. The zero-order chi connectivity index (χ0) is 42.6. The standard InChI is InChI=1S/C41H42BClF4N6O6S/c1-4-55-40(54)36(34(42)27-7-5-6-8-28(27)57-21-25-13-14-50-53(25)22-41(45,46)47)59-38-33-32(37(30-11-12-31(44)58-30)60-39(33)49-23-48-38)26-9-10-29(35(43)24(26)2)56-20-19-52-17-15-51(3)16-18-52/h5-14,23,34,36H,4,15-22,42H2,1-3H3/t34-,36+/m0/s1. The summed E-state index contributed by atoms with van der Waals surface area (Å²) in [5, 5.41) is 4.60. The molecule has 316 valence electrons. The molecule has 12 nitrogen and oxygen atoms in total. The molecule has 2 aromatic carbocycles. The molecular weight excluding hydrogens is 827 g/mol. The van der Waals surface area contributed by atoms with Gasteiger partial charge in [-0.05, 0) is 61.9 Å². The minimum Gasteiger partial charge on any atom is -0.491 e. The number of hydrogen-bond acceptors (Lipinski definition) is 12. The third-order valence-electron chi connectivity index (χ3n) is 10.3. The van der Waals surface area contributed by atoms with Gasteiger partial charge in [0.05, 0.1) is 27.6 Å². The minimum absolute atomic E-state index is 0.0342. The lowest BCUT2D eigenvalue weighted by atomic mass is 9.76. The van der Waals surface area contributed by atoms with Crippen LogP contribution in [0.15, 0.2) is 71.5 Å². The first-order chi connectivity index (χ1) is 28.8. The van der Waals surface area contributed by atoms with Gasteiger partial charge in [-0.15, -0.1) is 11.3 Å². The second-order valence-corrected chi connectivity index (χ2v) is 15.7. The lowest BCUT2D eigenvalue weighted by molar-refractivity contribution is -0.151. The molecule has 1 saturated heterocycles. The molecular formula is C41H42BClF4N6O6S. The van der Waals surface area contributed by atoms with Gasteiger partial charge in [-0.25, -0.2) is 14.8 Å². The maximum absolute atomic E-state index is 14.4. The number of thiophene rings is 1. The number of benzene rings is 2. The average Bonchev–Trinajstić information content (AvgIpc) is 3.96. The zero-order valence-corrected chi connectivity index (χ0v) is 34.9. The van der Waals surface area contributed by atoms with Crippen LogP contribution in [0.4, 0.5) is 17.6 Å². The van der Waals surface area contributed by atoms with Crippen LogP contribution < -0.4 is 14.2 Å². The monoisotopic (exact) mass is 868 g/mol. The summed E-state index contributed by atoms with van der Waals surface area (Å²) in [6.45, 7) is 7.15. The normalized spacial score (nSPS) is 14.9. The molecule has 1 aliphatic rings. The van der Waals surface area contributed by atoms with Crippen LogP contribution in [0, 0.1) is 12.9 Å². The van der Waals surface area contributed by atoms with Gasteiger partial charge in [0.15, 0.2) is 6.10 Å². The maximum Gasteiger partial charge on any atom is 0.408 e. The quantitative estimate of drug-likeness (QED) is 0.0552. The van der Waals surface area contributed by atoms with E-state index in [1.165, 1.54) is 42.1 Å². The summed E-state index contributed by atoms with van der Waals surface area (Å²) in [6, 6.07) is 13.9. The minimum atomic E-state index is -4.48. The Labute approximate surface area is 353 Å². The van der Waals surface area contributed by atoms with E-state index >= 15 is 0 Å². The van der Waals surface area contributed by atoms with Crippen LogP contribution in [-0.4, -0.2) is 109 Å². The maximum atomic E-state index is 14.4. The molecule has 0 saturated carbocycles. The van der Waals surface area contributed by atoms with Crippen LogP contribution >= 0.6 is 22.9 Å². The molecule has 2 atom stereocenters. The number of likely N-dealkylation sites (N-methyl/N-ethyl adjacent to an activating group) is 1. The number of carbonyl (C=O) groups is 1. The van der Waals surface area contributed by atoms with E-state index in [2.05, 4.69) is 31.9 Å². The van der Waals surface area contributed by atoms with Crippen molar-refractivity contribution < 1.29 is 45.7 Å². The van der Waals surface area contributed by atoms with Gasteiger partial charge < -0.3 is 28.3 Å². The van der Waals surface area contributed by atoms with Crippen molar-refractivity contribution in [3.8, 4) is 39.1 Å². The molecule has 0 amide bonds. The number of hydrogen-bond donors (Lipinski definition) is 0. The SMILES string of the molecule is B[C@@H](c1ccccc1OCc1ccnn1CC(F)(F)F)[C@@H](Oc1ncnc2sc(-c3ccc(F)o3)c(-c3ccc(OCCN4CCN(C)CC4)c(Cl)c3C)c12)C(=O)OCC. The van der Waals surface area contributed by atoms with Crippen LogP contribution in [0.5, 0.6) is 17.4 Å². The van der Waals surface area contributed by atoms with Crippen molar-refractivity contribution in [2.75, 3.05) is 53.0 Å². The average molecular weight is 869 g/mol. The van der Waals surface area contributed by atoms with E-state index in [4.69, 9.17) is 35.0 Å². The summed E-state index contributed by atoms with van der Waals surface area (Å²) >= 11 is 8.24. The first kappa shape index (κ1) is 42.9. The predicted octanol–water partition coefficient (Wildman–Crippen LogP) is 7.37. The number of para-hydroxylation sites is 1. The third-order valence-corrected chi connectivity index (χ3v) is 11.8. The Morgan fingerprint density at radius 3 is 2.55 bits per heavy atom. The number of carbonyl (C=O) groups excluding carboxylic acids is 1. The Balaban J connectivity index is 1.23. The van der Waals surface area contributed by atoms with E-state index in [0.29, 0.717) is 60.5 Å². The second kappa shape index (κ2) is 18.6. The Morgan fingerprint density at radius 1 is 1.03 bits per heavy atom. The lowest BCUT2D eigenvalue weighted by Gasteiger charge is -2.32. The van der Waals surface area contributed by atoms with Gasteiger partial charge in [0.1, 0.15) is 56.0 Å². The van der Waals surface area contributed by atoms with E-state index in [0.717, 1.165) is 37.4 Å². The Morgan fingerprint density at radius 2 is 1.82 bits per heavy atom. The highest BCUT2D eigenvalue weighted by molar-refractivity contribution is 7.22. The van der Waals surface area contributed by atoms with Crippen LogP contribution in [0.1, 0.15) is 29.6 Å². The molecule has 0 radical (unpaired) electrons. The first-order valence-electron chi connectivity index (χ1n) is 19.3. The number of esters is 1. The molecule has 1 aliphatic heterocycles. The summed E-state index contributed by atoms with van der Waals surface area (Å²) in [5.41, 5.74) is 2.57. The van der Waals surface area contributed by atoms with Gasteiger partial charge in [0, 0.05) is 56.4 Å². The van der Waals surface area contributed by atoms with Crippen molar-refractivity contribution in [3.05, 3.63) is 95.0 Å². The van der Waals surface area contributed by atoms with Gasteiger partial charge in [-0.1, -0.05) is 35.9 Å². The number of nitrogens with zero attached hydrogens (tertiary/aromatic N) is 6. The second-order valence-electron chi connectivity index (χ2n) is 14.3. The highest BCUT2D eigenvalue weighted by Gasteiger charge is 2.35. The fourth-order valence-electron chi connectivity index (χ4n) is 7.06. The predicted molar refractivity (Wildman–Crippen MR) is 221 cm³/mol. The van der Waals surface area contributed by atoms with Crippen LogP contribution in [0.3, 0.4) is 0 Å². The van der Waals surface area contributed by atoms with E-state index < -0.39 is 36.6 Å². The number of fused-ring (bicyclic) bond motifs is 1. The van der Waals surface area contributed by atoms with Crippen molar-refractivity contribution >= 4 is 47.0 Å². The fourth-order valence-corrected chi connectivity index (χ4v) is 8.39. The van der Waals surface area contributed by atoms with Crippen molar-refractivity contribution in [1.82, 2.24) is 29.5 Å². The molecule has 0 aliphatic carbocycles. The molecule has 19 heteroatoms. The topological polar surface area (TPSA) is 117 Å². The Kier molecular flexibility index (Phi) is 13.3. The Bertz CT molecular complexity index is 2440. The fraction of sp³-hybridized carbons (Fsp3) is 0.366. The molecule has 4 aromatic heterocycles. The van der Waals surface area contributed by atoms with E-state index in [-0.39, 0.29) is 30.5 Å².